The Morgan fingerprint density at radius 3 is 1.23 bits per heavy atom. The van der Waals surface area contributed by atoms with Crippen molar-refractivity contribution in [2.24, 2.45) is 0 Å². The molecule has 0 saturated heterocycles. The van der Waals surface area contributed by atoms with Crippen LogP contribution in [0.5, 0.6) is 0 Å². The maximum absolute atomic E-state index is 5.90. The fourth-order valence-corrected chi connectivity index (χ4v) is 3.75. The molecule has 0 N–H and O–H groups in total. The van der Waals surface area contributed by atoms with E-state index in [4.69, 9.17) is 81.2 Å². The van der Waals surface area contributed by atoms with E-state index in [1.54, 1.807) is 0 Å². The summed E-state index contributed by atoms with van der Waals surface area (Å²) >= 11 is 41.2. The van der Waals surface area contributed by atoms with Gasteiger partial charge in [0.1, 0.15) is 0 Å². The number of rotatable bonds is 0. The first-order chi connectivity index (χ1) is 5.80. The number of halogens is 7. The molecule has 78 valence electrons. The Bertz CT molecular complexity index is 175. The molecule has 0 amide bonds. The van der Waals surface area contributed by atoms with Crippen LogP contribution in [0.4, 0.5) is 0 Å². The minimum absolute atomic E-state index is 0.543. The summed E-state index contributed by atoms with van der Waals surface area (Å²) in [7, 11) is 0. The summed E-state index contributed by atoms with van der Waals surface area (Å²) in [5.41, 5.74) is 0. The summed E-state index contributed by atoms with van der Waals surface area (Å²) in [6, 6.07) is 0. The highest BCUT2D eigenvalue weighted by Crippen LogP contribution is 2.49. The van der Waals surface area contributed by atoms with Gasteiger partial charge in [0, 0.05) is 0 Å². The lowest BCUT2D eigenvalue weighted by atomic mass is 9.97. The van der Waals surface area contributed by atoms with E-state index in [1.807, 2.05) is 0 Å². The van der Waals surface area contributed by atoms with Crippen LogP contribution < -0.4 is 0 Å². The highest BCUT2D eigenvalue weighted by molar-refractivity contribution is 6.58. The van der Waals surface area contributed by atoms with E-state index in [2.05, 4.69) is 0 Å². The smallest absolute Gasteiger partial charge is 0.120 e. The monoisotopic (exact) mass is 322 g/mol. The molecular weight excluding hydrogens is 320 g/mol. The SMILES string of the molecule is ClC1[C@H](Cl)[C@@H](Cl)C(Cl)(Cl)[C@H](Cl)[C@H]1Cl. The lowest BCUT2D eigenvalue weighted by Gasteiger charge is -2.42. The van der Waals surface area contributed by atoms with Gasteiger partial charge in [-0.05, 0) is 0 Å². The summed E-state index contributed by atoms with van der Waals surface area (Å²) < 4.78 is -1.35. The van der Waals surface area contributed by atoms with Crippen LogP contribution in [0.1, 0.15) is 0 Å². The Morgan fingerprint density at radius 1 is 0.615 bits per heavy atom. The normalized spacial score (nSPS) is 50.5. The Morgan fingerprint density at radius 2 is 0.923 bits per heavy atom. The molecule has 0 aromatic heterocycles. The van der Waals surface area contributed by atoms with E-state index in [-0.39, 0.29) is 0 Å². The second-order valence-corrected chi connectivity index (χ2v) is 6.71. The first-order valence-electron chi connectivity index (χ1n) is 3.38. The topological polar surface area (TPSA) is 0 Å². The van der Waals surface area contributed by atoms with E-state index in [9.17, 15) is 0 Å². The van der Waals surface area contributed by atoms with E-state index in [1.165, 1.54) is 0 Å². The standard InChI is InChI=1S/C6H5Cl7/c7-1-2(8)4(10)6(12,13)5(11)3(1)9/h1-5H/t2-,3-,4+,5+/m0/s1. The van der Waals surface area contributed by atoms with Crippen molar-refractivity contribution in [2.75, 3.05) is 0 Å². The second kappa shape index (κ2) is 4.49. The molecule has 0 aromatic rings. The molecule has 0 radical (unpaired) electrons. The Hall–Kier alpha value is 2.03. The highest BCUT2D eigenvalue weighted by atomic mass is 35.5. The van der Waals surface area contributed by atoms with Crippen LogP contribution in [-0.4, -0.2) is 31.2 Å². The molecule has 0 nitrogen and oxygen atoms in total. The molecule has 1 fully saturated rings. The third-order valence-corrected chi connectivity index (χ3v) is 6.63. The molecule has 13 heavy (non-hydrogen) atoms. The maximum Gasteiger partial charge on any atom is 0.153 e. The fraction of sp³-hybridized carbons (Fsp3) is 1.00. The molecule has 0 aromatic carbocycles. The van der Waals surface area contributed by atoms with Crippen LogP contribution in [0.3, 0.4) is 0 Å². The Labute approximate surface area is 112 Å². The molecule has 0 heterocycles. The molecule has 0 aliphatic heterocycles. The summed E-state index contributed by atoms with van der Waals surface area (Å²) in [5.74, 6) is 0. The van der Waals surface area contributed by atoms with Crippen molar-refractivity contribution in [1.82, 2.24) is 0 Å². The zero-order valence-electron chi connectivity index (χ0n) is 6.03. The fourth-order valence-electron chi connectivity index (χ4n) is 1.08. The quantitative estimate of drug-likeness (QED) is 0.585. The minimum atomic E-state index is -1.35. The van der Waals surface area contributed by atoms with Crippen LogP contribution in [0.2, 0.25) is 0 Å². The molecule has 0 bridgehead atoms. The molecule has 0 unspecified atom stereocenters. The van der Waals surface area contributed by atoms with Gasteiger partial charge in [-0.3, -0.25) is 0 Å². The van der Waals surface area contributed by atoms with Gasteiger partial charge in [-0.25, -0.2) is 0 Å². The average molecular weight is 325 g/mol. The van der Waals surface area contributed by atoms with Gasteiger partial charge in [-0.2, -0.15) is 0 Å². The van der Waals surface area contributed by atoms with Crippen molar-refractivity contribution in [1.29, 1.82) is 0 Å². The molecular formula is C6H5Cl7. The zero-order valence-corrected chi connectivity index (χ0v) is 11.3. The third kappa shape index (κ3) is 2.25. The van der Waals surface area contributed by atoms with Gasteiger partial charge in [-0.1, -0.05) is 23.2 Å². The largest absolute Gasteiger partial charge is 0.153 e. The van der Waals surface area contributed by atoms with Crippen molar-refractivity contribution in [3.8, 4) is 0 Å². The molecule has 1 rings (SSSR count). The highest BCUT2D eigenvalue weighted by Gasteiger charge is 2.56. The third-order valence-electron chi connectivity index (χ3n) is 1.90. The first kappa shape index (κ1) is 13.1. The predicted octanol–water partition coefficient (Wildman–Crippen LogP) is 4.21. The van der Waals surface area contributed by atoms with Crippen LogP contribution in [0.25, 0.3) is 0 Å². The summed E-state index contributed by atoms with van der Waals surface area (Å²) in [5, 5.41) is -3.19. The first-order valence-corrected chi connectivity index (χ1v) is 6.32. The minimum Gasteiger partial charge on any atom is -0.120 e. The van der Waals surface area contributed by atoms with Gasteiger partial charge >= 0.3 is 0 Å². The summed E-state index contributed by atoms with van der Waals surface area (Å²) in [6.45, 7) is 0. The lowest BCUT2D eigenvalue weighted by molar-refractivity contribution is 0.511. The van der Waals surface area contributed by atoms with E-state index in [0.29, 0.717) is 0 Å². The Kier molecular flexibility index (Phi) is 4.52. The van der Waals surface area contributed by atoms with Crippen LogP contribution in [0.15, 0.2) is 0 Å². The van der Waals surface area contributed by atoms with Gasteiger partial charge in [-0.15, -0.1) is 58.0 Å². The van der Waals surface area contributed by atoms with Crippen LogP contribution >= 0.6 is 81.2 Å². The molecule has 1 aliphatic rings. The predicted molar refractivity (Wildman–Crippen MR) is 62.6 cm³/mol. The van der Waals surface area contributed by atoms with Crippen molar-refractivity contribution in [3.05, 3.63) is 0 Å². The van der Waals surface area contributed by atoms with E-state index in [0.717, 1.165) is 0 Å². The lowest BCUT2D eigenvalue weighted by Crippen LogP contribution is -2.57. The average Bonchev–Trinajstić information content (AvgIpc) is 2.09. The Balaban J connectivity index is 2.93. The van der Waals surface area contributed by atoms with Gasteiger partial charge in [0.15, 0.2) is 4.33 Å². The van der Waals surface area contributed by atoms with Crippen LogP contribution in [-0.2, 0) is 0 Å². The number of hydrogen-bond donors (Lipinski definition) is 0. The van der Waals surface area contributed by atoms with E-state index < -0.39 is 31.2 Å². The molecule has 7 heteroatoms. The van der Waals surface area contributed by atoms with Gasteiger partial charge in [0.2, 0.25) is 0 Å². The molecule has 4 atom stereocenters. The second-order valence-electron chi connectivity index (χ2n) is 2.81. The van der Waals surface area contributed by atoms with Crippen molar-refractivity contribution >= 4 is 81.2 Å². The molecule has 0 spiro atoms. The molecule has 1 aliphatic carbocycles. The maximum atomic E-state index is 5.90. The zero-order chi connectivity index (χ0) is 10.4. The van der Waals surface area contributed by atoms with E-state index >= 15 is 0 Å². The van der Waals surface area contributed by atoms with Crippen molar-refractivity contribution in [2.45, 2.75) is 31.2 Å². The van der Waals surface area contributed by atoms with Gasteiger partial charge < -0.3 is 0 Å². The molecule has 1 saturated carbocycles. The van der Waals surface area contributed by atoms with Crippen molar-refractivity contribution < 1.29 is 0 Å². The number of hydrogen-bond acceptors (Lipinski definition) is 0. The number of alkyl halides is 7. The summed E-state index contributed by atoms with van der Waals surface area (Å²) in [4.78, 5) is 0. The van der Waals surface area contributed by atoms with Crippen molar-refractivity contribution in [3.63, 3.8) is 0 Å². The summed E-state index contributed by atoms with van der Waals surface area (Å²) in [6.07, 6.45) is 0. The van der Waals surface area contributed by atoms with Gasteiger partial charge in [0.05, 0.1) is 26.9 Å². The van der Waals surface area contributed by atoms with Crippen LogP contribution in [0, 0.1) is 0 Å². The van der Waals surface area contributed by atoms with Gasteiger partial charge in [0.25, 0.3) is 0 Å².